The molecule has 1 saturated heterocycles. The van der Waals surface area contributed by atoms with Crippen LogP contribution in [0, 0.1) is 0 Å². The van der Waals surface area contributed by atoms with E-state index in [9.17, 15) is 0 Å². The highest BCUT2D eigenvalue weighted by Crippen LogP contribution is 2.31. The van der Waals surface area contributed by atoms with Crippen LogP contribution in [0.4, 0.5) is 0 Å². The maximum Gasteiger partial charge on any atom is 0.111 e. The van der Waals surface area contributed by atoms with Gasteiger partial charge in [-0.1, -0.05) is 11.6 Å². The summed E-state index contributed by atoms with van der Waals surface area (Å²) in [6, 6.07) is 6.30. The molecule has 2 heterocycles. The molecule has 18 heavy (non-hydrogen) atoms. The Morgan fingerprint density at radius 1 is 1.39 bits per heavy atom. The molecule has 2 aromatic rings. The quantitative estimate of drug-likeness (QED) is 0.917. The molecule has 0 amide bonds. The first-order valence-corrected chi connectivity index (χ1v) is 7.44. The van der Waals surface area contributed by atoms with Crippen molar-refractivity contribution in [2.24, 2.45) is 0 Å². The van der Waals surface area contributed by atoms with Crippen LogP contribution in [0.5, 0.6) is 0 Å². The summed E-state index contributed by atoms with van der Waals surface area (Å²) >= 11 is 7.77. The summed E-state index contributed by atoms with van der Waals surface area (Å²) in [5.41, 5.74) is 1.06. The molecule has 0 radical (unpaired) electrons. The number of nitrogens with zero attached hydrogens (tertiary/aromatic N) is 2. The van der Waals surface area contributed by atoms with Gasteiger partial charge in [-0.3, -0.25) is 4.90 Å². The zero-order valence-corrected chi connectivity index (χ0v) is 11.9. The van der Waals surface area contributed by atoms with Crippen LogP contribution >= 0.6 is 22.9 Å². The van der Waals surface area contributed by atoms with Gasteiger partial charge in [-0.05, 0) is 25.1 Å². The summed E-state index contributed by atoms with van der Waals surface area (Å²) < 4.78 is 1.18. The molecule has 0 saturated carbocycles. The van der Waals surface area contributed by atoms with Gasteiger partial charge in [0.15, 0.2) is 0 Å². The van der Waals surface area contributed by atoms with Crippen LogP contribution in [-0.4, -0.2) is 36.1 Å². The zero-order chi connectivity index (χ0) is 12.5. The average molecular weight is 282 g/mol. The molecule has 0 bridgehead atoms. The second-order valence-corrected chi connectivity index (χ2v) is 6.12. The van der Waals surface area contributed by atoms with Gasteiger partial charge in [-0.25, -0.2) is 4.98 Å². The molecular formula is C13H16ClN3S. The Balaban J connectivity index is 1.88. The summed E-state index contributed by atoms with van der Waals surface area (Å²) in [7, 11) is 0. The maximum absolute atomic E-state index is 6.02. The van der Waals surface area contributed by atoms with E-state index in [0.29, 0.717) is 6.04 Å². The number of aromatic nitrogens is 1. The predicted octanol–water partition coefficient (Wildman–Crippen LogP) is 2.92. The van der Waals surface area contributed by atoms with E-state index in [2.05, 4.69) is 17.1 Å². The van der Waals surface area contributed by atoms with Gasteiger partial charge in [0.25, 0.3) is 0 Å². The van der Waals surface area contributed by atoms with Gasteiger partial charge in [0, 0.05) is 31.2 Å². The molecular weight excluding hydrogens is 266 g/mol. The summed E-state index contributed by atoms with van der Waals surface area (Å²) in [6.07, 6.45) is 0. The lowest BCUT2D eigenvalue weighted by molar-refractivity contribution is 0.185. The molecule has 1 N–H and O–H groups in total. The van der Waals surface area contributed by atoms with E-state index >= 15 is 0 Å². The summed E-state index contributed by atoms with van der Waals surface area (Å²) in [6.45, 7) is 6.57. The first-order valence-electron chi connectivity index (χ1n) is 6.25. The summed E-state index contributed by atoms with van der Waals surface area (Å²) in [5.74, 6) is 0. The second-order valence-electron chi connectivity index (χ2n) is 4.63. The fourth-order valence-corrected chi connectivity index (χ4v) is 3.65. The number of hydrogen-bond donors (Lipinski definition) is 1. The van der Waals surface area contributed by atoms with Crippen LogP contribution < -0.4 is 5.32 Å². The number of fused-ring (bicyclic) bond motifs is 1. The second kappa shape index (κ2) is 5.13. The molecule has 3 rings (SSSR count). The van der Waals surface area contributed by atoms with Gasteiger partial charge >= 0.3 is 0 Å². The molecule has 0 aliphatic carbocycles. The topological polar surface area (TPSA) is 28.2 Å². The van der Waals surface area contributed by atoms with Crippen molar-refractivity contribution in [2.45, 2.75) is 13.0 Å². The Bertz CT molecular complexity index is 548. The van der Waals surface area contributed by atoms with E-state index < -0.39 is 0 Å². The smallest absolute Gasteiger partial charge is 0.111 e. The largest absolute Gasteiger partial charge is 0.314 e. The number of piperazine rings is 1. The number of rotatable bonds is 2. The number of benzene rings is 1. The van der Waals surface area contributed by atoms with Gasteiger partial charge in [0.2, 0.25) is 0 Å². The third-order valence-electron chi connectivity index (χ3n) is 3.42. The lowest BCUT2D eigenvalue weighted by Crippen LogP contribution is -2.44. The van der Waals surface area contributed by atoms with Gasteiger partial charge in [-0.2, -0.15) is 0 Å². The average Bonchev–Trinajstić information content (AvgIpc) is 2.81. The minimum Gasteiger partial charge on any atom is -0.314 e. The van der Waals surface area contributed by atoms with Crippen LogP contribution in [0.3, 0.4) is 0 Å². The molecule has 1 unspecified atom stereocenters. The molecule has 1 atom stereocenters. The molecule has 1 aromatic carbocycles. The molecule has 0 spiro atoms. The number of hydrogen-bond acceptors (Lipinski definition) is 4. The van der Waals surface area contributed by atoms with E-state index in [0.717, 1.165) is 36.7 Å². The minimum absolute atomic E-state index is 0.392. The third kappa shape index (κ3) is 2.38. The normalized spacial score (nSPS) is 19.2. The molecule has 1 aliphatic rings. The van der Waals surface area contributed by atoms with Crippen LogP contribution in [-0.2, 0) is 0 Å². The number of halogens is 1. The lowest BCUT2D eigenvalue weighted by Gasteiger charge is -2.31. The monoisotopic (exact) mass is 281 g/mol. The highest BCUT2D eigenvalue weighted by molar-refractivity contribution is 7.18. The van der Waals surface area contributed by atoms with E-state index in [4.69, 9.17) is 16.6 Å². The predicted molar refractivity (Wildman–Crippen MR) is 77.5 cm³/mol. The van der Waals surface area contributed by atoms with Crippen molar-refractivity contribution < 1.29 is 0 Å². The van der Waals surface area contributed by atoms with Crippen molar-refractivity contribution in [2.75, 3.05) is 26.2 Å². The van der Waals surface area contributed by atoms with Gasteiger partial charge in [-0.15, -0.1) is 11.3 Å². The van der Waals surface area contributed by atoms with Crippen molar-refractivity contribution in [3.63, 3.8) is 0 Å². The Morgan fingerprint density at radius 3 is 2.94 bits per heavy atom. The first kappa shape index (κ1) is 12.4. The third-order valence-corrected chi connectivity index (χ3v) is 4.85. The SMILES string of the molecule is CC(c1nc2ccc(Cl)cc2s1)N1CCNCC1. The number of nitrogens with one attached hydrogen (secondary N) is 1. The Hall–Kier alpha value is -0.680. The van der Waals surface area contributed by atoms with Crippen molar-refractivity contribution >= 4 is 33.2 Å². The fraction of sp³-hybridized carbons (Fsp3) is 0.462. The lowest BCUT2D eigenvalue weighted by atomic mass is 10.2. The van der Waals surface area contributed by atoms with Crippen molar-refractivity contribution in [3.05, 3.63) is 28.2 Å². The Kier molecular flexibility index (Phi) is 3.52. The van der Waals surface area contributed by atoms with E-state index in [-0.39, 0.29) is 0 Å². The zero-order valence-electron chi connectivity index (χ0n) is 10.3. The van der Waals surface area contributed by atoms with Crippen LogP contribution in [0.25, 0.3) is 10.2 Å². The van der Waals surface area contributed by atoms with Gasteiger partial charge in [0.1, 0.15) is 5.01 Å². The van der Waals surface area contributed by atoms with Crippen LogP contribution in [0.2, 0.25) is 5.02 Å². The Morgan fingerprint density at radius 2 is 2.17 bits per heavy atom. The first-order chi connectivity index (χ1) is 8.74. The summed E-state index contributed by atoms with van der Waals surface area (Å²) in [5, 5.41) is 5.35. The molecule has 5 heteroatoms. The minimum atomic E-state index is 0.392. The standard InChI is InChI=1S/C13H16ClN3S/c1-9(17-6-4-15-5-7-17)13-16-11-3-2-10(14)8-12(11)18-13/h2-3,8-9,15H,4-7H2,1H3. The molecule has 96 valence electrons. The highest BCUT2D eigenvalue weighted by atomic mass is 35.5. The number of thiazole rings is 1. The maximum atomic E-state index is 6.02. The molecule has 1 fully saturated rings. The van der Waals surface area contributed by atoms with E-state index in [1.54, 1.807) is 11.3 Å². The van der Waals surface area contributed by atoms with Crippen molar-refractivity contribution in [3.8, 4) is 0 Å². The molecule has 1 aliphatic heterocycles. The Labute approximate surface area is 116 Å². The van der Waals surface area contributed by atoms with Gasteiger partial charge in [0.05, 0.1) is 16.3 Å². The van der Waals surface area contributed by atoms with E-state index in [1.165, 1.54) is 9.71 Å². The van der Waals surface area contributed by atoms with Crippen LogP contribution in [0.15, 0.2) is 18.2 Å². The molecule has 3 nitrogen and oxygen atoms in total. The fourth-order valence-electron chi connectivity index (χ4n) is 2.32. The highest BCUT2D eigenvalue weighted by Gasteiger charge is 2.20. The summed E-state index contributed by atoms with van der Waals surface area (Å²) in [4.78, 5) is 7.21. The van der Waals surface area contributed by atoms with Crippen molar-refractivity contribution in [1.29, 1.82) is 0 Å². The van der Waals surface area contributed by atoms with Crippen molar-refractivity contribution in [1.82, 2.24) is 15.2 Å². The molecule has 1 aromatic heterocycles. The van der Waals surface area contributed by atoms with E-state index in [1.807, 2.05) is 18.2 Å². The van der Waals surface area contributed by atoms with Gasteiger partial charge < -0.3 is 5.32 Å². The van der Waals surface area contributed by atoms with Crippen LogP contribution in [0.1, 0.15) is 18.0 Å².